The van der Waals surface area contributed by atoms with Crippen molar-refractivity contribution in [2.45, 2.75) is 31.4 Å². The number of esters is 1. The summed E-state index contributed by atoms with van der Waals surface area (Å²) in [6.45, 7) is 3.30. The molecule has 0 aliphatic heterocycles. The number of ether oxygens (including phenoxy) is 2. The zero-order valence-electron chi connectivity index (χ0n) is 15.6. The van der Waals surface area contributed by atoms with Gasteiger partial charge in [-0.15, -0.1) is 0 Å². The summed E-state index contributed by atoms with van der Waals surface area (Å²) in [4.78, 5) is 12.3. The van der Waals surface area contributed by atoms with Crippen molar-refractivity contribution in [2.75, 3.05) is 14.2 Å². The van der Waals surface area contributed by atoms with Crippen LogP contribution in [0.15, 0.2) is 47.4 Å². The lowest BCUT2D eigenvalue weighted by Gasteiger charge is -2.21. The van der Waals surface area contributed by atoms with Gasteiger partial charge < -0.3 is 9.47 Å². The fourth-order valence-electron chi connectivity index (χ4n) is 2.31. The average molecular weight is 395 g/mol. The molecule has 0 atom stereocenters. The number of hydrogen-bond donors (Lipinski definition) is 0. The molecule has 27 heavy (non-hydrogen) atoms. The second kappa shape index (κ2) is 8.49. The third-order valence-corrected chi connectivity index (χ3v) is 6.10. The van der Waals surface area contributed by atoms with Crippen LogP contribution in [0, 0.1) is 5.82 Å². The Labute approximate surface area is 158 Å². The van der Waals surface area contributed by atoms with Crippen molar-refractivity contribution < 1.29 is 27.1 Å². The van der Waals surface area contributed by atoms with E-state index in [1.807, 2.05) is 0 Å². The molecule has 8 heteroatoms. The molecule has 0 radical (unpaired) electrons. The molecule has 0 saturated carbocycles. The van der Waals surface area contributed by atoms with Crippen molar-refractivity contribution in [2.24, 2.45) is 0 Å². The van der Waals surface area contributed by atoms with Crippen LogP contribution in [-0.4, -0.2) is 38.9 Å². The highest BCUT2D eigenvalue weighted by Crippen LogP contribution is 2.22. The number of carbonyl (C=O) groups is 1. The van der Waals surface area contributed by atoms with Crippen molar-refractivity contribution in [1.82, 2.24) is 4.31 Å². The number of carbonyl (C=O) groups excluding carboxylic acids is 1. The smallest absolute Gasteiger partial charge is 0.338 e. The van der Waals surface area contributed by atoms with Gasteiger partial charge in [0.1, 0.15) is 18.2 Å². The van der Waals surface area contributed by atoms with E-state index in [0.717, 1.165) is 0 Å². The van der Waals surface area contributed by atoms with Gasteiger partial charge in [0.2, 0.25) is 10.0 Å². The Kier molecular flexibility index (Phi) is 6.56. The first kappa shape index (κ1) is 20.9. The molecule has 0 saturated heterocycles. The van der Waals surface area contributed by atoms with Crippen LogP contribution in [0.2, 0.25) is 0 Å². The van der Waals surface area contributed by atoms with Gasteiger partial charge in [-0.1, -0.05) is 6.07 Å². The van der Waals surface area contributed by atoms with Crippen LogP contribution in [0.5, 0.6) is 5.75 Å². The third kappa shape index (κ3) is 4.84. The normalized spacial score (nSPS) is 11.7. The summed E-state index contributed by atoms with van der Waals surface area (Å²) in [5.74, 6) is -0.809. The minimum absolute atomic E-state index is 0.00325. The van der Waals surface area contributed by atoms with Gasteiger partial charge in [0.05, 0.1) is 17.6 Å². The monoisotopic (exact) mass is 395 g/mol. The fraction of sp³-hybridized carbons (Fsp3) is 0.316. The topological polar surface area (TPSA) is 72.9 Å². The Bertz CT molecular complexity index is 927. The van der Waals surface area contributed by atoms with Crippen LogP contribution in [0.4, 0.5) is 4.39 Å². The molecule has 0 heterocycles. The summed E-state index contributed by atoms with van der Waals surface area (Å²) >= 11 is 0. The first-order valence-electron chi connectivity index (χ1n) is 8.24. The van der Waals surface area contributed by atoms with E-state index in [0.29, 0.717) is 11.3 Å². The summed E-state index contributed by atoms with van der Waals surface area (Å²) in [7, 11) is -0.820. The average Bonchev–Trinajstić information content (AvgIpc) is 2.65. The van der Waals surface area contributed by atoms with Crippen molar-refractivity contribution in [1.29, 1.82) is 0 Å². The number of methoxy groups -OCH3 is 1. The molecular weight excluding hydrogens is 373 g/mol. The molecule has 6 nitrogen and oxygen atoms in total. The van der Waals surface area contributed by atoms with Gasteiger partial charge >= 0.3 is 5.97 Å². The predicted octanol–water partition coefficient (Wildman–Crippen LogP) is 3.22. The molecule has 0 aromatic heterocycles. The Balaban J connectivity index is 2.20. The van der Waals surface area contributed by atoms with E-state index in [-0.39, 0.29) is 23.1 Å². The van der Waals surface area contributed by atoms with Crippen LogP contribution in [-0.2, 0) is 21.4 Å². The summed E-state index contributed by atoms with van der Waals surface area (Å²) in [6.07, 6.45) is 0. The molecular formula is C19H22FNO5S. The molecule has 0 N–H and O–H groups in total. The highest BCUT2D eigenvalue weighted by molar-refractivity contribution is 7.89. The predicted molar refractivity (Wildman–Crippen MR) is 98.6 cm³/mol. The Morgan fingerprint density at radius 2 is 1.89 bits per heavy atom. The van der Waals surface area contributed by atoms with Gasteiger partial charge in [-0.3, -0.25) is 0 Å². The zero-order valence-corrected chi connectivity index (χ0v) is 16.4. The highest BCUT2D eigenvalue weighted by Gasteiger charge is 2.24. The molecule has 0 unspecified atom stereocenters. The maximum atomic E-state index is 13.4. The summed E-state index contributed by atoms with van der Waals surface area (Å²) in [5, 5.41) is 0. The fourth-order valence-corrected chi connectivity index (χ4v) is 3.73. The van der Waals surface area contributed by atoms with E-state index in [1.54, 1.807) is 13.8 Å². The van der Waals surface area contributed by atoms with E-state index in [1.165, 1.54) is 60.9 Å². The zero-order chi connectivity index (χ0) is 20.2. The first-order chi connectivity index (χ1) is 12.7. The van der Waals surface area contributed by atoms with Crippen molar-refractivity contribution in [3.63, 3.8) is 0 Å². The van der Waals surface area contributed by atoms with Gasteiger partial charge in [0.15, 0.2) is 0 Å². The van der Waals surface area contributed by atoms with Crippen LogP contribution < -0.4 is 4.74 Å². The van der Waals surface area contributed by atoms with Gasteiger partial charge in [-0.25, -0.2) is 17.6 Å². The molecule has 2 rings (SSSR count). The lowest BCUT2D eigenvalue weighted by molar-refractivity contribution is 0.0469. The molecule has 0 amide bonds. The quantitative estimate of drug-likeness (QED) is 0.673. The van der Waals surface area contributed by atoms with Gasteiger partial charge in [0.25, 0.3) is 0 Å². The van der Waals surface area contributed by atoms with E-state index < -0.39 is 21.8 Å². The summed E-state index contributed by atoms with van der Waals surface area (Å²) < 4.78 is 50.0. The minimum Gasteiger partial charge on any atom is -0.496 e. The van der Waals surface area contributed by atoms with Crippen LogP contribution in [0.1, 0.15) is 29.8 Å². The van der Waals surface area contributed by atoms with Crippen molar-refractivity contribution in [3.8, 4) is 5.75 Å². The number of rotatable bonds is 7. The van der Waals surface area contributed by atoms with E-state index in [4.69, 9.17) is 9.47 Å². The Morgan fingerprint density at radius 1 is 1.19 bits per heavy atom. The second-order valence-corrected chi connectivity index (χ2v) is 8.17. The van der Waals surface area contributed by atoms with Crippen molar-refractivity contribution >= 4 is 16.0 Å². The molecule has 0 bridgehead atoms. The number of nitrogens with zero attached hydrogens (tertiary/aromatic N) is 1. The standard InChI is InChI=1S/C19H22FNO5S/c1-13(2)21(3)27(23,24)17-7-5-6-14(11-17)19(22)26-12-15-10-16(20)8-9-18(15)25-4/h5-11,13H,12H2,1-4H3. The maximum Gasteiger partial charge on any atom is 0.338 e. The van der Waals surface area contributed by atoms with E-state index in [9.17, 15) is 17.6 Å². The van der Waals surface area contributed by atoms with Gasteiger partial charge in [-0.05, 0) is 50.2 Å². The summed E-state index contributed by atoms with van der Waals surface area (Å²) in [5.41, 5.74) is 0.456. The minimum atomic E-state index is -3.72. The second-order valence-electron chi connectivity index (χ2n) is 6.18. The molecule has 0 spiro atoms. The van der Waals surface area contributed by atoms with Crippen molar-refractivity contribution in [3.05, 3.63) is 59.4 Å². The molecule has 0 aliphatic carbocycles. The molecule has 146 valence electrons. The SMILES string of the molecule is COc1ccc(F)cc1COC(=O)c1cccc(S(=O)(=O)N(C)C(C)C)c1. The van der Waals surface area contributed by atoms with Crippen LogP contribution in [0.25, 0.3) is 0 Å². The largest absolute Gasteiger partial charge is 0.496 e. The molecule has 0 aliphatic rings. The number of benzene rings is 2. The van der Waals surface area contributed by atoms with E-state index in [2.05, 4.69) is 0 Å². The molecule has 0 fully saturated rings. The Morgan fingerprint density at radius 3 is 2.52 bits per heavy atom. The summed E-state index contributed by atoms with van der Waals surface area (Å²) in [6, 6.07) is 9.27. The molecule has 2 aromatic carbocycles. The van der Waals surface area contributed by atoms with E-state index >= 15 is 0 Å². The lowest BCUT2D eigenvalue weighted by Crippen LogP contribution is -2.33. The maximum absolute atomic E-state index is 13.4. The van der Waals surface area contributed by atoms with Crippen LogP contribution >= 0.6 is 0 Å². The number of hydrogen-bond acceptors (Lipinski definition) is 5. The number of sulfonamides is 1. The third-order valence-electron chi connectivity index (χ3n) is 4.08. The lowest BCUT2D eigenvalue weighted by atomic mass is 10.2. The number of halogens is 1. The Hall–Kier alpha value is -2.45. The molecule has 2 aromatic rings. The van der Waals surface area contributed by atoms with Gasteiger partial charge in [0, 0.05) is 18.7 Å². The van der Waals surface area contributed by atoms with Crippen LogP contribution in [0.3, 0.4) is 0 Å². The highest BCUT2D eigenvalue weighted by atomic mass is 32.2. The van der Waals surface area contributed by atoms with Gasteiger partial charge in [-0.2, -0.15) is 4.31 Å². The first-order valence-corrected chi connectivity index (χ1v) is 9.68.